The molecule has 2 amide bonds. The van der Waals surface area contributed by atoms with Crippen LogP contribution in [0.15, 0.2) is 66.7 Å². The van der Waals surface area contributed by atoms with E-state index in [1.54, 1.807) is 18.2 Å². The van der Waals surface area contributed by atoms with Gasteiger partial charge in [0.05, 0.1) is 43.2 Å². The number of carbonyl (C=O) groups excluding carboxylic acids is 2. The molecule has 2 N–H and O–H groups in total. The zero-order chi connectivity index (χ0) is 29.4. The Balaban J connectivity index is 1.74. The zero-order valence-corrected chi connectivity index (χ0v) is 19.8. The Labute approximate surface area is 221 Å². The van der Waals surface area contributed by atoms with Gasteiger partial charge in [0, 0.05) is 24.3 Å². The molecule has 206 valence electrons. The molecule has 3 aromatic carbocycles. The van der Waals surface area contributed by atoms with E-state index in [9.17, 15) is 50.0 Å². The first kappa shape index (κ1) is 28.4. The summed E-state index contributed by atoms with van der Waals surface area (Å²) in [6.07, 6.45) is -3.67. The largest absolute Gasteiger partial charge is 0.445 e. The number of carbonyl (C=O) groups is 2. The lowest BCUT2D eigenvalue weighted by molar-refractivity contribution is -0.394. The molecule has 0 aliphatic rings. The van der Waals surface area contributed by atoms with Crippen LogP contribution in [0.25, 0.3) is 0 Å². The minimum atomic E-state index is -1.26. The number of hydrogen-bond acceptors (Lipinski definition) is 12. The minimum Gasteiger partial charge on any atom is -0.445 e. The average molecular weight is 556 g/mol. The van der Waals surface area contributed by atoms with Gasteiger partial charge in [-0.15, -0.1) is 0 Å². The van der Waals surface area contributed by atoms with Crippen LogP contribution in [0.2, 0.25) is 0 Å². The number of anilines is 2. The van der Waals surface area contributed by atoms with Gasteiger partial charge in [-0.3, -0.25) is 51.1 Å². The number of non-ortho nitro benzene ring substituents is 4. The van der Waals surface area contributed by atoms with Gasteiger partial charge in [-0.1, -0.05) is 30.3 Å². The Morgan fingerprint density at radius 3 is 1.45 bits per heavy atom. The number of nitrogens with zero attached hydrogens (tertiary/aromatic N) is 4. The van der Waals surface area contributed by atoms with Crippen molar-refractivity contribution in [2.75, 3.05) is 17.2 Å². The van der Waals surface area contributed by atoms with E-state index in [0.29, 0.717) is 17.7 Å². The molecule has 0 bridgehead atoms. The predicted molar refractivity (Wildman–Crippen MR) is 134 cm³/mol. The van der Waals surface area contributed by atoms with Crippen LogP contribution >= 0.6 is 0 Å². The number of ether oxygens (including phenoxy) is 2. The first-order valence-corrected chi connectivity index (χ1v) is 10.8. The lowest BCUT2D eigenvalue weighted by Crippen LogP contribution is -2.24. The van der Waals surface area contributed by atoms with Crippen LogP contribution in [0, 0.1) is 40.5 Å². The summed E-state index contributed by atoms with van der Waals surface area (Å²) in [6, 6.07) is 12.7. The number of rotatable bonds is 10. The van der Waals surface area contributed by atoms with E-state index in [1.165, 1.54) is 12.1 Å². The van der Waals surface area contributed by atoms with Gasteiger partial charge in [-0.05, 0) is 5.56 Å². The van der Waals surface area contributed by atoms with E-state index in [2.05, 4.69) is 10.6 Å². The number of nitro benzene ring substituents is 4. The highest BCUT2D eigenvalue weighted by Gasteiger charge is 2.23. The summed E-state index contributed by atoms with van der Waals surface area (Å²) in [4.78, 5) is 65.5. The molecule has 0 saturated carbocycles. The molecule has 0 aliphatic carbocycles. The second kappa shape index (κ2) is 12.4. The predicted octanol–water partition coefficient (Wildman–Crippen LogP) is 4.86. The maximum atomic E-state index is 12.5. The van der Waals surface area contributed by atoms with Crippen molar-refractivity contribution in [3.8, 4) is 0 Å². The topological polar surface area (TPSA) is 249 Å². The molecule has 0 saturated heterocycles. The van der Waals surface area contributed by atoms with Gasteiger partial charge in [-0.25, -0.2) is 9.59 Å². The summed E-state index contributed by atoms with van der Waals surface area (Å²) in [5.74, 6) is 0. The van der Waals surface area contributed by atoms with E-state index < -0.39 is 67.3 Å². The van der Waals surface area contributed by atoms with Crippen molar-refractivity contribution in [1.29, 1.82) is 0 Å². The van der Waals surface area contributed by atoms with Crippen LogP contribution in [0.1, 0.15) is 11.7 Å². The highest BCUT2D eigenvalue weighted by molar-refractivity contribution is 5.87. The van der Waals surface area contributed by atoms with E-state index in [-0.39, 0.29) is 11.4 Å². The van der Waals surface area contributed by atoms with Crippen LogP contribution < -0.4 is 10.6 Å². The van der Waals surface area contributed by atoms with Crippen molar-refractivity contribution >= 4 is 46.3 Å². The Bertz CT molecular complexity index is 1430. The zero-order valence-electron chi connectivity index (χ0n) is 19.8. The van der Waals surface area contributed by atoms with Crippen LogP contribution in [0.4, 0.5) is 43.7 Å². The number of nitro groups is 4. The van der Waals surface area contributed by atoms with Gasteiger partial charge >= 0.3 is 12.2 Å². The molecule has 18 nitrogen and oxygen atoms in total. The molecule has 0 spiro atoms. The second-order valence-electron chi connectivity index (χ2n) is 7.66. The molecule has 0 aliphatic heterocycles. The monoisotopic (exact) mass is 556 g/mol. The number of benzene rings is 3. The lowest BCUT2D eigenvalue weighted by Gasteiger charge is -2.19. The summed E-state index contributed by atoms with van der Waals surface area (Å²) in [6.45, 7) is -0.616. The fourth-order valence-corrected chi connectivity index (χ4v) is 3.20. The van der Waals surface area contributed by atoms with E-state index in [1.807, 2.05) is 0 Å². The fraction of sp³-hybridized carbons (Fsp3) is 0.0909. The Kier molecular flexibility index (Phi) is 8.77. The van der Waals surface area contributed by atoms with Gasteiger partial charge in [0.1, 0.15) is 6.61 Å². The molecule has 0 aromatic heterocycles. The molecule has 0 radical (unpaired) electrons. The van der Waals surface area contributed by atoms with Gasteiger partial charge in [0.2, 0.25) is 0 Å². The first-order valence-electron chi connectivity index (χ1n) is 10.8. The van der Waals surface area contributed by atoms with Crippen molar-refractivity contribution < 1.29 is 38.8 Å². The quantitative estimate of drug-likeness (QED) is 0.251. The Morgan fingerprint density at radius 1 is 0.650 bits per heavy atom. The van der Waals surface area contributed by atoms with Crippen LogP contribution in [-0.4, -0.2) is 38.5 Å². The van der Waals surface area contributed by atoms with Gasteiger partial charge in [0.15, 0.2) is 6.10 Å². The van der Waals surface area contributed by atoms with Gasteiger partial charge in [-0.2, -0.15) is 0 Å². The molecule has 40 heavy (non-hydrogen) atoms. The van der Waals surface area contributed by atoms with Gasteiger partial charge < -0.3 is 9.47 Å². The maximum Gasteiger partial charge on any atom is 0.412 e. The standard InChI is InChI=1S/C22H16N6O12/c29-21(23-14-6-16(25(31)32)10-17(7-14)26(33)34)39-12-20(13-4-2-1-3-5-13)40-22(30)24-15-8-18(27(35)36)11-19(9-15)28(37)38/h1-11,20H,12H2,(H,23,29)(H,24,30). The van der Waals surface area contributed by atoms with Crippen LogP contribution in [0.5, 0.6) is 0 Å². The van der Waals surface area contributed by atoms with E-state index in [0.717, 1.165) is 24.3 Å². The average Bonchev–Trinajstić information content (AvgIpc) is 2.90. The number of nitrogens with one attached hydrogen (secondary N) is 2. The summed E-state index contributed by atoms with van der Waals surface area (Å²) >= 11 is 0. The van der Waals surface area contributed by atoms with Crippen molar-refractivity contribution in [2.24, 2.45) is 0 Å². The molecule has 1 atom stereocenters. The third kappa shape index (κ3) is 7.65. The maximum absolute atomic E-state index is 12.5. The molecular weight excluding hydrogens is 540 g/mol. The second-order valence-corrected chi connectivity index (χ2v) is 7.66. The van der Waals surface area contributed by atoms with Crippen molar-refractivity contribution in [2.45, 2.75) is 6.10 Å². The smallest absolute Gasteiger partial charge is 0.412 e. The number of hydrogen-bond donors (Lipinski definition) is 2. The summed E-state index contributed by atoms with van der Waals surface area (Å²) in [7, 11) is 0. The van der Waals surface area contributed by atoms with E-state index >= 15 is 0 Å². The highest BCUT2D eigenvalue weighted by Crippen LogP contribution is 2.28. The molecule has 1 unspecified atom stereocenters. The normalized spacial score (nSPS) is 11.0. The van der Waals surface area contributed by atoms with Crippen molar-refractivity contribution in [3.63, 3.8) is 0 Å². The molecule has 3 aromatic rings. The van der Waals surface area contributed by atoms with Crippen LogP contribution in [0.3, 0.4) is 0 Å². The first-order chi connectivity index (χ1) is 18.9. The Hall–Kier alpha value is -6.20. The molecule has 3 rings (SSSR count). The van der Waals surface area contributed by atoms with Crippen LogP contribution in [-0.2, 0) is 9.47 Å². The van der Waals surface area contributed by atoms with Crippen molar-refractivity contribution in [1.82, 2.24) is 0 Å². The SMILES string of the molecule is O=C(Nc1cc([N+](=O)[O-])cc([N+](=O)[O-])c1)OCC(OC(=O)Nc1cc([N+](=O)[O-])cc([N+](=O)[O-])c1)c1ccccc1. The molecular formula is C22H16N6O12. The third-order valence-corrected chi connectivity index (χ3v) is 4.93. The number of amides is 2. The minimum absolute atomic E-state index is 0.312. The van der Waals surface area contributed by atoms with Crippen molar-refractivity contribution in [3.05, 3.63) is 113 Å². The lowest BCUT2D eigenvalue weighted by atomic mass is 10.1. The fourth-order valence-electron chi connectivity index (χ4n) is 3.20. The summed E-state index contributed by atoms with van der Waals surface area (Å²) in [5, 5.41) is 48.5. The molecule has 0 fully saturated rings. The summed E-state index contributed by atoms with van der Waals surface area (Å²) < 4.78 is 10.3. The molecule has 0 heterocycles. The molecule has 18 heteroatoms. The summed E-state index contributed by atoms with van der Waals surface area (Å²) in [5.41, 5.74) is -2.93. The Morgan fingerprint density at radius 2 is 1.05 bits per heavy atom. The third-order valence-electron chi connectivity index (χ3n) is 4.93. The van der Waals surface area contributed by atoms with Gasteiger partial charge in [0.25, 0.3) is 22.7 Å². The highest BCUT2D eigenvalue weighted by atomic mass is 16.6. The van der Waals surface area contributed by atoms with E-state index in [4.69, 9.17) is 9.47 Å².